The summed E-state index contributed by atoms with van der Waals surface area (Å²) < 4.78 is 5.41. The van der Waals surface area contributed by atoms with Gasteiger partial charge in [-0.2, -0.15) is 0 Å². The second kappa shape index (κ2) is 14.6. The predicted octanol–water partition coefficient (Wildman–Crippen LogP) is 3.17. The molecular formula is C21H38IN5OS. The number of hydrogen-bond acceptors (Lipinski definition) is 5. The molecule has 2 N–H and O–H groups in total. The molecule has 166 valence electrons. The van der Waals surface area contributed by atoms with Gasteiger partial charge in [-0.25, -0.2) is 0 Å². The molecule has 2 aliphatic rings. The number of nitrogens with zero attached hydrogens (tertiary/aromatic N) is 3. The Morgan fingerprint density at radius 2 is 1.97 bits per heavy atom. The van der Waals surface area contributed by atoms with Gasteiger partial charge in [0.2, 0.25) is 0 Å². The Kier molecular flexibility index (Phi) is 12.5. The van der Waals surface area contributed by atoms with E-state index in [0.29, 0.717) is 6.04 Å². The maximum atomic E-state index is 5.41. The number of ether oxygens (including phenoxy) is 1. The highest BCUT2D eigenvalue weighted by Crippen LogP contribution is 2.28. The summed E-state index contributed by atoms with van der Waals surface area (Å²) in [6.45, 7) is 12.3. The molecule has 8 heteroatoms. The van der Waals surface area contributed by atoms with Crippen LogP contribution in [0.25, 0.3) is 0 Å². The van der Waals surface area contributed by atoms with Crippen molar-refractivity contribution in [3.63, 3.8) is 0 Å². The number of nitrogens with one attached hydrogen (secondary N) is 2. The van der Waals surface area contributed by atoms with Gasteiger partial charge in [0.1, 0.15) is 0 Å². The third kappa shape index (κ3) is 8.69. The molecule has 0 saturated carbocycles. The predicted molar refractivity (Wildman–Crippen MR) is 134 cm³/mol. The normalized spacial score (nSPS) is 19.7. The highest BCUT2D eigenvalue weighted by atomic mass is 127. The van der Waals surface area contributed by atoms with Gasteiger partial charge in [0, 0.05) is 31.1 Å². The summed E-state index contributed by atoms with van der Waals surface area (Å²) in [5.74, 6) is 0.953. The molecule has 0 aromatic carbocycles. The summed E-state index contributed by atoms with van der Waals surface area (Å²) in [7, 11) is 0. The first-order chi connectivity index (χ1) is 13.9. The number of thiophene rings is 1. The highest BCUT2D eigenvalue weighted by molar-refractivity contribution is 14.0. The number of unbranched alkanes of at least 4 members (excludes halogenated alkanes) is 1. The van der Waals surface area contributed by atoms with Crippen molar-refractivity contribution < 1.29 is 4.74 Å². The quantitative estimate of drug-likeness (QED) is 0.209. The molecule has 0 radical (unpaired) electrons. The van der Waals surface area contributed by atoms with Crippen LogP contribution in [0.3, 0.4) is 0 Å². The summed E-state index contributed by atoms with van der Waals surface area (Å²) in [5, 5.41) is 9.12. The molecule has 0 amide bonds. The van der Waals surface area contributed by atoms with Crippen LogP contribution in [-0.4, -0.2) is 81.3 Å². The number of hydrogen-bond donors (Lipinski definition) is 2. The van der Waals surface area contributed by atoms with Gasteiger partial charge >= 0.3 is 0 Å². The lowest BCUT2D eigenvalue weighted by atomic mass is 10.2. The Balaban J connectivity index is 0.00000300. The molecule has 1 atom stereocenters. The number of rotatable bonds is 10. The first-order valence-corrected chi connectivity index (χ1v) is 11.8. The molecule has 6 nitrogen and oxygen atoms in total. The van der Waals surface area contributed by atoms with Gasteiger partial charge in [0.15, 0.2) is 5.96 Å². The Bertz CT molecular complexity index is 559. The molecule has 2 fully saturated rings. The van der Waals surface area contributed by atoms with Gasteiger partial charge in [0.25, 0.3) is 0 Å². The van der Waals surface area contributed by atoms with E-state index in [1.54, 1.807) is 0 Å². The Morgan fingerprint density at radius 3 is 2.66 bits per heavy atom. The number of halogens is 1. The summed E-state index contributed by atoms with van der Waals surface area (Å²) in [6, 6.07) is 4.83. The zero-order valence-corrected chi connectivity index (χ0v) is 20.9. The second-order valence-corrected chi connectivity index (χ2v) is 8.56. The molecule has 1 aromatic heterocycles. The lowest BCUT2D eigenvalue weighted by molar-refractivity contribution is 0.0372. The molecule has 2 aliphatic heterocycles. The van der Waals surface area contributed by atoms with Crippen LogP contribution in [-0.2, 0) is 4.74 Å². The smallest absolute Gasteiger partial charge is 0.191 e. The standard InChI is InChI=1S/C21H37N5OS.HI/c1-2-22-21(23-9-3-4-10-25-13-15-27-16-14-25)24-18-19(20-8-7-17-28-20)26-11-5-6-12-26;/h7-8,17,19H,2-6,9-16,18H2,1H3,(H2,22,23,24);1H. The van der Waals surface area contributed by atoms with E-state index in [1.807, 2.05) is 11.3 Å². The molecule has 3 heterocycles. The van der Waals surface area contributed by atoms with E-state index >= 15 is 0 Å². The first-order valence-electron chi connectivity index (χ1n) is 11.0. The van der Waals surface area contributed by atoms with Crippen LogP contribution in [0.1, 0.15) is 43.5 Å². The number of morpholine rings is 1. The fourth-order valence-corrected chi connectivity index (χ4v) is 4.78. The van der Waals surface area contributed by atoms with Crippen molar-refractivity contribution in [2.45, 2.75) is 38.6 Å². The van der Waals surface area contributed by atoms with Gasteiger partial charge in [-0.05, 0) is 63.7 Å². The summed E-state index contributed by atoms with van der Waals surface area (Å²) in [6.07, 6.45) is 5.01. The lowest BCUT2D eigenvalue weighted by Crippen LogP contribution is -2.39. The molecule has 1 aromatic rings. The third-order valence-electron chi connectivity index (χ3n) is 5.52. The van der Waals surface area contributed by atoms with Crippen molar-refractivity contribution in [2.75, 3.05) is 65.6 Å². The van der Waals surface area contributed by atoms with Crippen molar-refractivity contribution >= 4 is 41.3 Å². The Morgan fingerprint density at radius 1 is 1.17 bits per heavy atom. The van der Waals surface area contributed by atoms with E-state index in [9.17, 15) is 0 Å². The topological polar surface area (TPSA) is 52.1 Å². The van der Waals surface area contributed by atoms with Crippen LogP contribution >= 0.6 is 35.3 Å². The molecule has 0 aliphatic carbocycles. The molecule has 0 spiro atoms. The lowest BCUT2D eigenvalue weighted by Gasteiger charge is -2.26. The van der Waals surface area contributed by atoms with Crippen molar-refractivity contribution in [2.24, 2.45) is 4.99 Å². The van der Waals surface area contributed by atoms with Crippen LogP contribution in [0.15, 0.2) is 22.5 Å². The van der Waals surface area contributed by atoms with E-state index < -0.39 is 0 Å². The molecule has 2 saturated heterocycles. The molecular weight excluding hydrogens is 497 g/mol. The summed E-state index contributed by atoms with van der Waals surface area (Å²) in [4.78, 5) is 11.5. The fraction of sp³-hybridized carbons (Fsp3) is 0.762. The minimum atomic E-state index is 0. The van der Waals surface area contributed by atoms with Gasteiger partial charge in [0.05, 0.1) is 25.8 Å². The second-order valence-electron chi connectivity index (χ2n) is 7.58. The molecule has 0 bridgehead atoms. The maximum Gasteiger partial charge on any atom is 0.191 e. The van der Waals surface area contributed by atoms with E-state index in [1.165, 1.54) is 50.2 Å². The van der Waals surface area contributed by atoms with Crippen molar-refractivity contribution in [3.8, 4) is 0 Å². The Labute approximate surface area is 197 Å². The summed E-state index contributed by atoms with van der Waals surface area (Å²) >= 11 is 1.86. The molecule has 29 heavy (non-hydrogen) atoms. The van der Waals surface area contributed by atoms with Crippen LogP contribution < -0.4 is 10.6 Å². The number of aliphatic imine (C=N–C) groups is 1. The average Bonchev–Trinajstić information content (AvgIpc) is 3.43. The van der Waals surface area contributed by atoms with Crippen molar-refractivity contribution in [1.29, 1.82) is 0 Å². The zero-order valence-electron chi connectivity index (χ0n) is 17.8. The van der Waals surface area contributed by atoms with Crippen LogP contribution in [0.5, 0.6) is 0 Å². The van der Waals surface area contributed by atoms with Crippen molar-refractivity contribution in [3.05, 3.63) is 22.4 Å². The maximum absolute atomic E-state index is 5.41. The SMILES string of the molecule is CCNC(=NCC(c1cccs1)N1CCCC1)NCCCCN1CCOCC1.I. The first kappa shape index (κ1) is 24.8. The monoisotopic (exact) mass is 535 g/mol. The number of guanidine groups is 1. The molecule has 1 unspecified atom stereocenters. The average molecular weight is 536 g/mol. The van der Waals surface area contributed by atoms with Gasteiger partial charge in [-0.1, -0.05) is 6.07 Å². The van der Waals surface area contributed by atoms with Crippen LogP contribution in [0.4, 0.5) is 0 Å². The van der Waals surface area contributed by atoms with Gasteiger partial charge < -0.3 is 15.4 Å². The minimum absolute atomic E-state index is 0. The molecule has 3 rings (SSSR count). The minimum Gasteiger partial charge on any atom is -0.379 e. The Hall–Kier alpha value is -0.420. The fourth-order valence-electron chi connectivity index (χ4n) is 3.93. The highest BCUT2D eigenvalue weighted by Gasteiger charge is 2.24. The zero-order chi connectivity index (χ0) is 19.4. The van der Waals surface area contributed by atoms with Crippen LogP contribution in [0.2, 0.25) is 0 Å². The van der Waals surface area contributed by atoms with Gasteiger partial charge in [-0.15, -0.1) is 35.3 Å². The van der Waals surface area contributed by atoms with Crippen molar-refractivity contribution in [1.82, 2.24) is 20.4 Å². The van der Waals surface area contributed by atoms with Gasteiger partial charge in [-0.3, -0.25) is 14.8 Å². The summed E-state index contributed by atoms with van der Waals surface area (Å²) in [5.41, 5.74) is 0. The van der Waals surface area contributed by atoms with E-state index in [0.717, 1.165) is 51.9 Å². The number of likely N-dealkylation sites (tertiary alicyclic amines) is 1. The van der Waals surface area contributed by atoms with E-state index in [4.69, 9.17) is 9.73 Å². The van der Waals surface area contributed by atoms with Crippen LogP contribution in [0, 0.1) is 0 Å². The largest absolute Gasteiger partial charge is 0.379 e. The van der Waals surface area contributed by atoms with E-state index in [-0.39, 0.29) is 24.0 Å². The van der Waals surface area contributed by atoms with E-state index in [2.05, 4.69) is 44.9 Å². The third-order valence-corrected chi connectivity index (χ3v) is 6.49.